The number of aryl methyl sites for hydroxylation is 1. The summed E-state index contributed by atoms with van der Waals surface area (Å²) < 4.78 is 12.9. The predicted molar refractivity (Wildman–Crippen MR) is 94.7 cm³/mol. The summed E-state index contributed by atoms with van der Waals surface area (Å²) in [7, 11) is 0. The minimum atomic E-state index is -1.03. The highest BCUT2D eigenvalue weighted by atomic mass is 35.5. The van der Waals surface area contributed by atoms with Crippen molar-refractivity contribution in [3.63, 3.8) is 0 Å². The number of nitrogens with one attached hydrogen (secondary N) is 2. The molecule has 0 unspecified atom stereocenters. The van der Waals surface area contributed by atoms with E-state index in [1.807, 2.05) is 13.0 Å². The fourth-order valence-electron chi connectivity index (χ4n) is 2.61. The number of hydrogen-bond acceptors (Lipinski definition) is 2. The highest BCUT2D eigenvalue weighted by molar-refractivity contribution is 6.31. The molecular formula is C19H18ClFN2O2. The van der Waals surface area contributed by atoms with Crippen molar-refractivity contribution in [3.05, 3.63) is 64.4 Å². The molecule has 130 valence electrons. The molecule has 0 spiro atoms. The maximum Gasteiger partial charge on any atom is 0.240 e. The van der Waals surface area contributed by atoms with Gasteiger partial charge in [-0.15, -0.1) is 0 Å². The number of amides is 2. The molecule has 6 heteroatoms. The van der Waals surface area contributed by atoms with Gasteiger partial charge in [0.1, 0.15) is 11.2 Å². The highest BCUT2D eigenvalue weighted by Crippen LogP contribution is 2.47. The van der Waals surface area contributed by atoms with E-state index < -0.39 is 5.41 Å². The zero-order valence-electron chi connectivity index (χ0n) is 13.7. The number of halogens is 2. The molecule has 2 aromatic carbocycles. The van der Waals surface area contributed by atoms with E-state index in [0.717, 1.165) is 11.1 Å². The summed E-state index contributed by atoms with van der Waals surface area (Å²) in [5, 5.41) is 6.09. The first-order valence-electron chi connectivity index (χ1n) is 8.01. The van der Waals surface area contributed by atoms with E-state index in [1.165, 1.54) is 12.1 Å². The molecule has 0 heterocycles. The fourth-order valence-corrected chi connectivity index (χ4v) is 2.78. The first kappa shape index (κ1) is 17.4. The molecule has 0 bridgehead atoms. The summed E-state index contributed by atoms with van der Waals surface area (Å²) >= 11 is 5.96. The molecule has 1 fully saturated rings. The molecule has 0 saturated heterocycles. The number of benzene rings is 2. The minimum absolute atomic E-state index is 0.254. The molecule has 0 aromatic heterocycles. The quantitative estimate of drug-likeness (QED) is 0.796. The number of carbonyl (C=O) groups is 2. The fraction of sp³-hybridized carbons (Fsp3) is 0.263. The Morgan fingerprint density at radius 1 is 1.12 bits per heavy atom. The van der Waals surface area contributed by atoms with E-state index >= 15 is 0 Å². The second-order valence-corrected chi connectivity index (χ2v) is 6.74. The van der Waals surface area contributed by atoms with E-state index in [9.17, 15) is 14.0 Å². The van der Waals surface area contributed by atoms with Crippen LogP contribution in [0.2, 0.25) is 5.02 Å². The third-order valence-corrected chi connectivity index (χ3v) is 4.67. The van der Waals surface area contributed by atoms with Gasteiger partial charge in [0.2, 0.25) is 11.8 Å². The standard InChI is InChI=1S/C19H18ClFN2O2/c1-12-2-5-14(20)10-16(12)23-18(25)19(8-9-19)17(24)22-11-13-3-6-15(21)7-4-13/h2-7,10H,8-9,11H2,1H3,(H,22,24)(H,23,25). The van der Waals surface area contributed by atoms with Crippen LogP contribution in [-0.2, 0) is 16.1 Å². The lowest BCUT2D eigenvalue weighted by Gasteiger charge is -2.16. The van der Waals surface area contributed by atoms with Crippen molar-refractivity contribution < 1.29 is 14.0 Å². The summed E-state index contributed by atoms with van der Waals surface area (Å²) in [5.41, 5.74) is 1.22. The van der Waals surface area contributed by atoms with Crippen molar-refractivity contribution in [1.82, 2.24) is 5.32 Å². The molecule has 1 aliphatic carbocycles. The molecule has 2 N–H and O–H groups in total. The number of hydrogen-bond donors (Lipinski definition) is 2. The Bertz CT molecular complexity index is 817. The largest absolute Gasteiger partial charge is 0.351 e. The van der Waals surface area contributed by atoms with Crippen LogP contribution in [0.4, 0.5) is 10.1 Å². The zero-order valence-corrected chi connectivity index (χ0v) is 14.5. The van der Waals surface area contributed by atoms with Gasteiger partial charge in [-0.25, -0.2) is 4.39 Å². The van der Waals surface area contributed by atoms with Crippen LogP contribution in [0.25, 0.3) is 0 Å². The Balaban J connectivity index is 1.64. The summed E-state index contributed by atoms with van der Waals surface area (Å²) in [6.07, 6.45) is 1.02. The van der Waals surface area contributed by atoms with Crippen molar-refractivity contribution in [3.8, 4) is 0 Å². The first-order valence-corrected chi connectivity index (χ1v) is 8.39. The molecular weight excluding hydrogens is 343 g/mol. The van der Waals surface area contributed by atoms with Gasteiger partial charge >= 0.3 is 0 Å². The van der Waals surface area contributed by atoms with E-state index in [1.54, 1.807) is 24.3 Å². The van der Waals surface area contributed by atoms with Crippen LogP contribution in [0.15, 0.2) is 42.5 Å². The van der Waals surface area contributed by atoms with Crippen LogP contribution >= 0.6 is 11.6 Å². The molecule has 2 amide bonds. The third-order valence-electron chi connectivity index (χ3n) is 4.43. The molecule has 0 radical (unpaired) electrons. The Morgan fingerprint density at radius 2 is 1.80 bits per heavy atom. The molecule has 1 aliphatic rings. The SMILES string of the molecule is Cc1ccc(Cl)cc1NC(=O)C1(C(=O)NCc2ccc(F)cc2)CC1. The number of anilines is 1. The van der Waals surface area contributed by atoms with Gasteiger partial charge in [-0.3, -0.25) is 9.59 Å². The Morgan fingerprint density at radius 3 is 2.44 bits per heavy atom. The summed E-state index contributed by atoms with van der Waals surface area (Å²) in [6.45, 7) is 2.12. The van der Waals surface area contributed by atoms with Gasteiger partial charge < -0.3 is 10.6 Å². The Labute approximate surface area is 150 Å². The van der Waals surface area contributed by atoms with Crippen LogP contribution in [0, 0.1) is 18.2 Å². The lowest BCUT2D eigenvalue weighted by atomic mass is 10.0. The topological polar surface area (TPSA) is 58.2 Å². The summed E-state index contributed by atoms with van der Waals surface area (Å²) in [4.78, 5) is 25.1. The van der Waals surface area contributed by atoms with Crippen LogP contribution in [0.5, 0.6) is 0 Å². The van der Waals surface area contributed by atoms with Crippen molar-refractivity contribution in [2.24, 2.45) is 5.41 Å². The maximum absolute atomic E-state index is 12.9. The van der Waals surface area contributed by atoms with Crippen LogP contribution in [0.3, 0.4) is 0 Å². The van der Waals surface area contributed by atoms with Gasteiger partial charge in [0.05, 0.1) is 0 Å². The van der Waals surface area contributed by atoms with Gasteiger partial charge in [-0.1, -0.05) is 29.8 Å². The van der Waals surface area contributed by atoms with E-state index in [0.29, 0.717) is 23.6 Å². The smallest absolute Gasteiger partial charge is 0.240 e. The molecule has 1 saturated carbocycles. The van der Waals surface area contributed by atoms with Gasteiger partial charge in [0, 0.05) is 17.3 Å². The van der Waals surface area contributed by atoms with E-state index in [-0.39, 0.29) is 24.2 Å². The molecule has 0 atom stereocenters. The van der Waals surface area contributed by atoms with Crippen LogP contribution in [-0.4, -0.2) is 11.8 Å². The second-order valence-electron chi connectivity index (χ2n) is 6.30. The molecule has 4 nitrogen and oxygen atoms in total. The van der Waals surface area contributed by atoms with E-state index in [4.69, 9.17) is 11.6 Å². The van der Waals surface area contributed by atoms with Gasteiger partial charge in [-0.2, -0.15) is 0 Å². The number of rotatable bonds is 5. The average Bonchev–Trinajstić information content (AvgIpc) is 3.39. The third kappa shape index (κ3) is 3.82. The average molecular weight is 361 g/mol. The summed E-state index contributed by atoms with van der Waals surface area (Å²) in [6, 6.07) is 11.1. The molecule has 0 aliphatic heterocycles. The molecule has 3 rings (SSSR count). The zero-order chi connectivity index (χ0) is 18.0. The Hall–Kier alpha value is -2.40. The predicted octanol–water partition coefficient (Wildman–Crippen LogP) is 3.82. The first-order chi connectivity index (χ1) is 11.9. The molecule has 25 heavy (non-hydrogen) atoms. The normalized spacial score (nSPS) is 14.7. The van der Waals surface area contributed by atoms with Crippen molar-refractivity contribution in [2.75, 3.05) is 5.32 Å². The van der Waals surface area contributed by atoms with Crippen LogP contribution < -0.4 is 10.6 Å². The van der Waals surface area contributed by atoms with E-state index in [2.05, 4.69) is 10.6 Å². The molecule has 2 aromatic rings. The second kappa shape index (κ2) is 6.84. The van der Waals surface area contributed by atoms with Crippen molar-refractivity contribution >= 4 is 29.1 Å². The monoisotopic (exact) mass is 360 g/mol. The number of carbonyl (C=O) groups excluding carboxylic acids is 2. The lowest BCUT2D eigenvalue weighted by molar-refractivity contribution is -0.134. The van der Waals surface area contributed by atoms with Gasteiger partial charge in [-0.05, 0) is 55.2 Å². The Kier molecular flexibility index (Phi) is 4.77. The lowest BCUT2D eigenvalue weighted by Crippen LogP contribution is -2.39. The minimum Gasteiger partial charge on any atom is -0.351 e. The van der Waals surface area contributed by atoms with Gasteiger partial charge in [0.25, 0.3) is 0 Å². The van der Waals surface area contributed by atoms with Gasteiger partial charge in [0.15, 0.2) is 0 Å². The summed E-state index contributed by atoms with van der Waals surface area (Å²) in [5.74, 6) is -0.964. The van der Waals surface area contributed by atoms with Crippen molar-refractivity contribution in [1.29, 1.82) is 0 Å². The van der Waals surface area contributed by atoms with Crippen LogP contribution in [0.1, 0.15) is 24.0 Å². The van der Waals surface area contributed by atoms with Crippen molar-refractivity contribution in [2.45, 2.75) is 26.3 Å². The highest BCUT2D eigenvalue weighted by Gasteiger charge is 2.56. The maximum atomic E-state index is 12.9.